The number of amides is 2. The number of anilines is 2. The van der Waals surface area contributed by atoms with Crippen LogP contribution in [0.25, 0.3) is 0 Å². The van der Waals surface area contributed by atoms with E-state index >= 15 is 0 Å². The van der Waals surface area contributed by atoms with Gasteiger partial charge in [-0.05, 0) is 57.2 Å². The van der Waals surface area contributed by atoms with Crippen LogP contribution in [0, 0.1) is 0 Å². The molecule has 0 fully saturated rings. The van der Waals surface area contributed by atoms with Crippen LogP contribution in [-0.4, -0.2) is 32.9 Å². The highest BCUT2D eigenvalue weighted by Crippen LogP contribution is 2.26. The van der Waals surface area contributed by atoms with Crippen LogP contribution in [0.5, 0.6) is 5.75 Å². The zero-order valence-electron chi connectivity index (χ0n) is 16.8. The van der Waals surface area contributed by atoms with E-state index in [2.05, 4.69) is 15.4 Å². The first-order chi connectivity index (χ1) is 13.6. The molecule has 2 aromatic carbocycles. The first kappa shape index (κ1) is 22.4. The maximum absolute atomic E-state index is 12.7. The van der Waals surface area contributed by atoms with Crippen LogP contribution in [0.15, 0.2) is 47.4 Å². The molecule has 9 heteroatoms. The van der Waals surface area contributed by atoms with E-state index in [-0.39, 0.29) is 34.8 Å². The molecule has 0 radical (unpaired) electrons. The Bertz CT molecular complexity index is 1000. The summed E-state index contributed by atoms with van der Waals surface area (Å²) in [4.78, 5) is 23.7. The molecule has 3 N–H and O–H groups in total. The molecule has 2 amide bonds. The number of hydrogen-bond donors (Lipinski definition) is 3. The highest BCUT2D eigenvalue weighted by molar-refractivity contribution is 7.89. The SMILES string of the molecule is CCOc1ccc(C(=O)Nc2cccc(NC(C)=O)c2)cc1S(=O)(=O)NC(C)C. The van der Waals surface area contributed by atoms with Gasteiger partial charge in [0.15, 0.2) is 0 Å². The van der Waals surface area contributed by atoms with E-state index in [0.717, 1.165) is 0 Å². The second-order valence-corrected chi connectivity index (χ2v) is 8.27. The molecule has 0 aliphatic heterocycles. The summed E-state index contributed by atoms with van der Waals surface area (Å²) in [5.41, 5.74) is 1.15. The van der Waals surface area contributed by atoms with Crippen molar-refractivity contribution in [3.05, 3.63) is 48.0 Å². The minimum Gasteiger partial charge on any atom is -0.492 e. The topological polar surface area (TPSA) is 114 Å². The van der Waals surface area contributed by atoms with Gasteiger partial charge >= 0.3 is 0 Å². The number of carbonyl (C=O) groups excluding carboxylic acids is 2. The fourth-order valence-corrected chi connectivity index (χ4v) is 4.01. The molecule has 156 valence electrons. The quantitative estimate of drug-likeness (QED) is 0.609. The van der Waals surface area contributed by atoms with Crippen LogP contribution in [0.1, 0.15) is 38.1 Å². The Hall–Kier alpha value is -2.91. The maximum atomic E-state index is 12.7. The molecule has 0 heterocycles. The lowest BCUT2D eigenvalue weighted by Gasteiger charge is -2.15. The molecule has 0 atom stereocenters. The van der Waals surface area contributed by atoms with Gasteiger partial charge in [0.25, 0.3) is 5.91 Å². The lowest BCUT2D eigenvalue weighted by Crippen LogP contribution is -2.30. The molecule has 0 bridgehead atoms. The summed E-state index contributed by atoms with van der Waals surface area (Å²) in [5.74, 6) is -0.550. The fraction of sp³-hybridized carbons (Fsp3) is 0.300. The molecule has 0 saturated heterocycles. The summed E-state index contributed by atoms with van der Waals surface area (Å²) >= 11 is 0. The van der Waals surface area contributed by atoms with Crippen LogP contribution < -0.4 is 20.1 Å². The Kier molecular flexibility index (Phi) is 7.35. The van der Waals surface area contributed by atoms with Gasteiger partial charge in [0, 0.05) is 29.9 Å². The molecule has 29 heavy (non-hydrogen) atoms. The van der Waals surface area contributed by atoms with Gasteiger partial charge in [-0.3, -0.25) is 9.59 Å². The summed E-state index contributed by atoms with van der Waals surface area (Å²) in [6.07, 6.45) is 0. The van der Waals surface area contributed by atoms with Crippen molar-refractivity contribution in [1.29, 1.82) is 0 Å². The number of benzene rings is 2. The van der Waals surface area contributed by atoms with Gasteiger partial charge in [-0.25, -0.2) is 13.1 Å². The van der Waals surface area contributed by atoms with Crippen LogP contribution in [0.4, 0.5) is 11.4 Å². The van der Waals surface area contributed by atoms with Crippen molar-refractivity contribution in [1.82, 2.24) is 4.72 Å². The zero-order chi connectivity index (χ0) is 21.6. The zero-order valence-corrected chi connectivity index (χ0v) is 17.6. The summed E-state index contributed by atoms with van der Waals surface area (Å²) in [6, 6.07) is 10.6. The average molecular weight is 420 g/mol. The van der Waals surface area contributed by atoms with E-state index < -0.39 is 15.9 Å². The van der Waals surface area contributed by atoms with Gasteiger partial charge in [-0.15, -0.1) is 0 Å². The van der Waals surface area contributed by atoms with Crippen LogP contribution >= 0.6 is 0 Å². The minimum atomic E-state index is -3.86. The molecule has 8 nitrogen and oxygen atoms in total. The molecule has 0 aliphatic rings. The standard InChI is InChI=1S/C20H25N3O5S/c1-5-28-18-10-9-15(11-19(18)29(26,27)23-13(2)3)20(25)22-17-8-6-7-16(12-17)21-14(4)24/h6-13,23H,5H2,1-4H3,(H,21,24)(H,22,25). The average Bonchev–Trinajstić information content (AvgIpc) is 2.60. The highest BCUT2D eigenvalue weighted by atomic mass is 32.2. The van der Waals surface area contributed by atoms with Crippen molar-refractivity contribution in [2.45, 2.75) is 38.6 Å². The highest BCUT2D eigenvalue weighted by Gasteiger charge is 2.23. The van der Waals surface area contributed by atoms with Crippen molar-refractivity contribution in [2.75, 3.05) is 17.2 Å². The van der Waals surface area contributed by atoms with Gasteiger partial charge in [-0.1, -0.05) is 6.07 Å². The molecule has 0 aliphatic carbocycles. The fourth-order valence-electron chi connectivity index (χ4n) is 2.59. The summed E-state index contributed by atoms with van der Waals surface area (Å²) in [5, 5.41) is 5.33. The molecule has 0 unspecified atom stereocenters. The van der Waals surface area contributed by atoms with Crippen molar-refractivity contribution >= 4 is 33.2 Å². The van der Waals surface area contributed by atoms with Crippen molar-refractivity contribution in [3.63, 3.8) is 0 Å². The first-order valence-corrected chi connectivity index (χ1v) is 10.6. The lowest BCUT2D eigenvalue weighted by atomic mass is 10.2. The Morgan fingerprint density at radius 3 is 2.28 bits per heavy atom. The van der Waals surface area contributed by atoms with E-state index in [1.54, 1.807) is 45.0 Å². The Morgan fingerprint density at radius 1 is 1.03 bits per heavy atom. The Balaban J connectivity index is 2.33. The Morgan fingerprint density at radius 2 is 1.69 bits per heavy atom. The van der Waals surface area contributed by atoms with Crippen LogP contribution in [0.2, 0.25) is 0 Å². The van der Waals surface area contributed by atoms with Gasteiger partial charge in [-0.2, -0.15) is 0 Å². The van der Waals surface area contributed by atoms with E-state index in [0.29, 0.717) is 11.4 Å². The van der Waals surface area contributed by atoms with Crippen molar-refractivity contribution in [2.24, 2.45) is 0 Å². The molecule has 0 saturated carbocycles. The second kappa shape index (κ2) is 9.53. The van der Waals surface area contributed by atoms with Crippen molar-refractivity contribution in [3.8, 4) is 5.75 Å². The smallest absolute Gasteiger partial charge is 0.255 e. The van der Waals surface area contributed by atoms with Crippen LogP contribution in [-0.2, 0) is 14.8 Å². The van der Waals surface area contributed by atoms with Gasteiger partial charge in [0.1, 0.15) is 10.6 Å². The van der Waals surface area contributed by atoms with Gasteiger partial charge in [0.05, 0.1) is 6.61 Å². The monoisotopic (exact) mass is 419 g/mol. The van der Waals surface area contributed by atoms with E-state index in [4.69, 9.17) is 4.74 Å². The number of carbonyl (C=O) groups is 2. The minimum absolute atomic E-state index is 0.104. The van der Waals surface area contributed by atoms with Crippen LogP contribution in [0.3, 0.4) is 0 Å². The molecule has 0 aromatic heterocycles. The number of sulfonamides is 1. The van der Waals surface area contributed by atoms with Crippen molar-refractivity contribution < 1.29 is 22.7 Å². The third kappa shape index (κ3) is 6.30. The number of hydrogen-bond acceptors (Lipinski definition) is 5. The number of nitrogens with one attached hydrogen (secondary N) is 3. The largest absolute Gasteiger partial charge is 0.492 e. The number of ether oxygens (including phenoxy) is 1. The van der Waals surface area contributed by atoms with E-state index in [9.17, 15) is 18.0 Å². The van der Waals surface area contributed by atoms with E-state index in [1.165, 1.54) is 25.1 Å². The Labute approximate surface area is 170 Å². The molecule has 2 rings (SSSR count). The first-order valence-electron chi connectivity index (χ1n) is 9.10. The predicted molar refractivity (Wildman–Crippen MR) is 112 cm³/mol. The summed E-state index contributed by atoms with van der Waals surface area (Å²) < 4.78 is 33.2. The normalized spacial score (nSPS) is 11.2. The lowest BCUT2D eigenvalue weighted by molar-refractivity contribution is -0.114. The molecular weight excluding hydrogens is 394 g/mol. The number of rotatable bonds is 8. The predicted octanol–water partition coefficient (Wildman–Crippen LogP) is 2.98. The molecule has 0 spiro atoms. The third-order valence-electron chi connectivity index (χ3n) is 3.63. The maximum Gasteiger partial charge on any atom is 0.255 e. The summed E-state index contributed by atoms with van der Waals surface area (Å²) in [6.45, 7) is 6.83. The van der Waals surface area contributed by atoms with E-state index in [1.807, 2.05) is 0 Å². The van der Waals surface area contributed by atoms with Gasteiger partial charge in [0.2, 0.25) is 15.9 Å². The molecular formula is C20H25N3O5S. The second-order valence-electron chi connectivity index (χ2n) is 6.59. The third-order valence-corrected chi connectivity index (χ3v) is 5.31. The summed E-state index contributed by atoms with van der Waals surface area (Å²) in [7, 11) is -3.86. The molecule has 2 aromatic rings. The van der Waals surface area contributed by atoms with Gasteiger partial charge < -0.3 is 15.4 Å².